The van der Waals surface area contributed by atoms with Crippen molar-refractivity contribution in [3.63, 3.8) is 0 Å². The van der Waals surface area contributed by atoms with Gasteiger partial charge in [-0.1, -0.05) is 42.5 Å². The van der Waals surface area contributed by atoms with E-state index in [0.717, 1.165) is 12.8 Å². The van der Waals surface area contributed by atoms with E-state index in [1.807, 2.05) is 12.1 Å². The molecule has 2 aromatic carbocycles. The number of aliphatic hydroxyl groups is 1. The predicted octanol–water partition coefficient (Wildman–Crippen LogP) is 2.66. The molecule has 0 unspecified atom stereocenters. The number of carbonyl (C=O) groups excluding carboxylic acids is 1. The molecule has 0 aliphatic carbocycles. The van der Waals surface area contributed by atoms with Gasteiger partial charge >= 0.3 is 0 Å². The number of rotatable bonds is 7. The fourth-order valence-electron chi connectivity index (χ4n) is 2.24. The van der Waals surface area contributed by atoms with E-state index in [4.69, 9.17) is 5.11 Å². The lowest BCUT2D eigenvalue weighted by molar-refractivity contribution is -0.121. The summed E-state index contributed by atoms with van der Waals surface area (Å²) < 4.78 is 0. The number of aryl methyl sites for hydroxylation is 1. The standard InChI is InChI=1S/C17H21NO2/c19-12-4-11-18-17(20)8-3-5-14-9-10-15-6-1-2-7-16(15)13-14/h1-2,6-7,9-10,13,19H,3-5,8,11-12H2,(H,18,20). The van der Waals surface area contributed by atoms with E-state index in [2.05, 4.69) is 35.6 Å². The van der Waals surface area contributed by atoms with Crippen LogP contribution in [0.5, 0.6) is 0 Å². The summed E-state index contributed by atoms with van der Waals surface area (Å²) in [6.45, 7) is 0.683. The zero-order chi connectivity index (χ0) is 14.2. The monoisotopic (exact) mass is 271 g/mol. The SMILES string of the molecule is O=C(CCCc1ccc2ccccc2c1)NCCCO. The fraction of sp³-hybridized carbons (Fsp3) is 0.353. The number of fused-ring (bicyclic) bond motifs is 1. The summed E-state index contributed by atoms with van der Waals surface area (Å²) in [5.41, 5.74) is 1.27. The second kappa shape index (κ2) is 7.65. The van der Waals surface area contributed by atoms with Crippen LogP contribution in [-0.2, 0) is 11.2 Å². The number of amides is 1. The zero-order valence-corrected chi connectivity index (χ0v) is 11.6. The van der Waals surface area contributed by atoms with Crippen molar-refractivity contribution in [3.05, 3.63) is 48.0 Å². The largest absolute Gasteiger partial charge is 0.396 e. The molecule has 0 heterocycles. The molecule has 2 rings (SSSR count). The van der Waals surface area contributed by atoms with Crippen molar-refractivity contribution in [2.45, 2.75) is 25.7 Å². The highest BCUT2D eigenvalue weighted by Gasteiger charge is 2.01. The maximum Gasteiger partial charge on any atom is 0.220 e. The first kappa shape index (κ1) is 14.5. The van der Waals surface area contributed by atoms with Gasteiger partial charge in [-0.25, -0.2) is 0 Å². The molecule has 0 aromatic heterocycles. The van der Waals surface area contributed by atoms with Gasteiger partial charge in [0.15, 0.2) is 0 Å². The van der Waals surface area contributed by atoms with Gasteiger partial charge in [0.05, 0.1) is 0 Å². The number of hydrogen-bond acceptors (Lipinski definition) is 2. The molecule has 1 amide bonds. The summed E-state index contributed by atoms with van der Waals surface area (Å²) in [5.74, 6) is 0.0687. The van der Waals surface area contributed by atoms with Gasteiger partial charge in [0.2, 0.25) is 5.91 Å². The average molecular weight is 271 g/mol. The molecule has 0 atom stereocenters. The molecule has 0 saturated heterocycles. The third-order valence-electron chi connectivity index (χ3n) is 3.34. The van der Waals surface area contributed by atoms with E-state index in [1.165, 1.54) is 16.3 Å². The molecule has 0 spiro atoms. The number of hydrogen-bond donors (Lipinski definition) is 2. The number of aliphatic hydroxyl groups excluding tert-OH is 1. The van der Waals surface area contributed by atoms with Gasteiger partial charge in [-0.05, 0) is 35.6 Å². The van der Waals surface area contributed by atoms with Crippen LogP contribution < -0.4 is 5.32 Å². The summed E-state index contributed by atoms with van der Waals surface area (Å²) in [4.78, 5) is 11.5. The molecule has 0 radical (unpaired) electrons. The second-order valence-electron chi connectivity index (χ2n) is 4.96. The van der Waals surface area contributed by atoms with E-state index in [0.29, 0.717) is 19.4 Å². The summed E-state index contributed by atoms with van der Waals surface area (Å²) in [6.07, 6.45) is 2.93. The molecule has 2 N–H and O–H groups in total. The highest BCUT2D eigenvalue weighted by atomic mass is 16.3. The van der Waals surface area contributed by atoms with Crippen LogP contribution in [0, 0.1) is 0 Å². The molecule has 3 nitrogen and oxygen atoms in total. The molecular weight excluding hydrogens is 250 g/mol. The van der Waals surface area contributed by atoms with Crippen molar-refractivity contribution in [1.82, 2.24) is 5.32 Å². The summed E-state index contributed by atoms with van der Waals surface area (Å²) in [7, 11) is 0. The van der Waals surface area contributed by atoms with Crippen LogP contribution >= 0.6 is 0 Å². The third-order valence-corrected chi connectivity index (χ3v) is 3.34. The van der Waals surface area contributed by atoms with E-state index in [1.54, 1.807) is 0 Å². The summed E-state index contributed by atoms with van der Waals surface area (Å²) in [5, 5.41) is 13.9. The van der Waals surface area contributed by atoms with Crippen LogP contribution in [0.4, 0.5) is 0 Å². The Morgan fingerprint density at radius 3 is 2.65 bits per heavy atom. The summed E-state index contributed by atoms with van der Waals surface area (Å²) in [6, 6.07) is 14.8. The first-order chi connectivity index (χ1) is 9.79. The third kappa shape index (κ3) is 4.35. The van der Waals surface area contributed by atoms with Crippen molar-refractivity contribution in [1.29, 1.82) is 0 Å². The lowest BCUT2D eigenvalue weighted by Crippen LogP contribution is -2.24. The lowest BCUT2D eigenvalue weighted by atomic mass is 10.0. The second-order valence-corrected chi connectivity index (χ2v) is 4.96. The number of carbonyl (C=O) groups is 1. The molecular formula is C17H21NO2. The van der Waals surface area contributed by atoms with Crippen molar-refractivity contribution in [3.8, 4) is 0 Å². The van der Waals surface area contributed by atoms with Gasteiger partial charge < -0.3 is 10.4 Å². The molecule has 0 bridgehead atoms. The minimum atomic E-state index is 0.0687. The van der Waals surface area contributed by atoms with Crippen molar-refractivity contribution in [2.75, 3.05) is 13.2 Å². The highest BCUT2D eigenvalue weighted by Crippen LogP contribution is 2.16. The van der Waals surface area contributed by atoms with Gasteiger partial charge in [0.25, 0.3) is 0 Å². The average Bonchev–Trinajstić information content (AvgIpc) is 2.47. The van der Waals surface area contributed by atoms with E-state index < -0.39 is 0 Å². The number of benzene rings is 2. The Labute approximate surface area is 119 Å². The highest BCUT2D eigenvalue weighted by molar-refractivity contribution is 5.83. The Morgan fingerprint density at radius 2 is 1.85 bits per heavy atom. The molecule has 2 aromatic rings. The maximum atomic E-state index is 11.5. The first-order valence-corrected chi connectivity index (χ1v) is 7.15. The van der Waals surface area contributed by atoms with Gasteiger partial charge in [-0.15, -0.1) is 0 Å². The topological polar surface area (TPSA) is 49.3 Å². The molecule has 0 aliphatic rings. The van der Waals surface area contributed by atoms with Gasteiger partial charge in [-0.3, -0.25) is 4.79 Å². The van der Waals surface area contributed by atoms with Crippen molar-refractivity contribution >= 4 is 16.7 Å². The Bertz CT molecular complexity index is 566. The maximum absolute atomic E-state index is 11.5. The predicted molar refractivity (Wildman–Crippen MR) is 81.6 cm³/mol. The van der Waals surface area contributed by atoms with E-state index in [9.17, 15) is 4.79 Å². The fourth-order valence-corrected chi connectivity index (χ4v) is 2.24. The molecule has 106 valence electrons. The normalized spacial score (nSPS) is 10.7. The number of nitrogens with one attached hydrogen (secondary N) is 1. The van der Waals surface area contributed by atoms with E-state index in [-0.39, 0.29) is 12.5 Å². The van der Waals surface area contributed by atoms with Crippen LogP contribution in [0.25, 0.3) is 10.8 Å². The van der Waals surface area contributed by atoms with Gasteiger partial charge in [-0.2, -0.15) is 0 Å². The van der Waals surface area contributed by atoms with Crippen LogP contribution in [-0.4, -0.2) is 24.2 Å². The summed E-state index contributed by atoms with van der Waals surface area (Å²) >= 11 is 0. The van der Waals surface area contributed by atoms with Gasteiger partial charge in [0, 0.05) is 19.6 Å². The molecule has 20 heavy (non-hydrogen) atoms. The molecule has 3 heteroatoms. The van der Waals surface area contributed by atoms with Crippen molar-refractivity contribution in [2.24, 2.45) is 0 Å². The van der Waals surface area contributed by atoms with Gasteiger partial charge in [0.1, 0.15) is 0 Å². The Morgan fingerprint density at radius 1 is 1.05 bits per heavy atom. The smallest absolute Gasteiger partial charge is 0.220 e. The minimum Gasteiger partial charge on any atom is -0.396 e. The molecule has 0 aliphatic heterocycles. The Hall–Kier alpha value is -1.87. The Balaban J connectivity index is 1.79. The Kier molecular flexibility index (Phi) is 5.56. The van der Waals surface area contributed by atoms with Crippen LogP contribution in [0.2, 0.25) is 0 Å². The van der Waals surface area contributed by atoms with E-state index >= 15 is 0 Å². The van der Waals surface area contributed by atoms with Crippen LogP contribution in [0.3, 0.4) is 0 Å². The van der Waals surface area contributed by atoms with Crippen LogP contribution in [0.15, 0.2) is 42.5 Å². The quantitative estimate of drug-likeness (QED) is 0.761. The molecule has 0 saturated carbocycles. The minimum absolute atomic E-state index is 0.0687. The zero-order valence-electron chi connectivity index (χ0n) is 11.6. The first-order valence-electron chi connectivity index (χ1n) is 7.15. The van der Waals surface area contributed by atoms with Crippen molar-refractivity contribution < 1.29 is 9.90 Å². The lowest BCUT2D eigenvalue weighted by Gasteiger charge is -2.05. The molecule has 0 fully saturated rings. The van der Waals surface area contributed by atoms with Crippen LogP contribution in [0.1, 0.15) is 24.8 Å².